The fraction of sp³-hybridized carbons (Fsp3) is 0.250. The van der Waals surface area contributed by atoms with Gasteiger partial charge >= 0.3 is 5.97 Å². The Morgan fingerprint density at radius 2 is 2.00 bits per heavy atom. The van der Waals surface area contributed by atoms with E-state index in [1.165, 1.54) is 6.33 Å². The zero-order valence-electron chi connectivity index (χ0n) is 14.2. The predicted octanol–water partition coefficient (Wildman–Crippen LogP) is 2.84. The Bertz CT molecular complexity index is 924. The summed E-state index contributed by atoms with van der Waals surface area (Å²) in [5.74, 6) is 1.11. The van der Waals surface area contributed by atoms with E-state index in [1.807, 2.05) is 48.5 Å². The maximum absolute atomic E-state index is 12.3. The first-order valence-corrected chi connectivity index (χ1v) is 8.62. The molecule has 1 aromatic heterocycles. The van der Waals surface area contributed by atoms with Crippen LogP contribution in [0.25, 0.3) is 10.9 Å². The highest BCUT2D eigenvalue weighted by molar-refractivity contribution is 5.88. The lowest BCUT2D eigenvalue weighted by molar-refractivity contribution is -0.149. The second-order valence-corrected chi connectivity index (χ2v) is 6.15. The first kappa shape index (κ1) is 16.3. The van der Waals surface area contributed by atoms with Gasteiger partial charge in [-0.1, -0.05) is 30.3 Å². The van der Waals surface area contributed by atoms with Crippen molar-refractivity contribution in [2.45, 2.75) is 6.42 Å². The topological polar surface area (TPSA) is 73.3 Å². The molecule has 132 valence electrons. The number of nitrogens with zero attached hydrogens (tertiary/aromatic N) is 2. The van der Waals surface area contributed by atoms with Crippen LogP contribution in [0.3, 0.4) is 0 Å². The Labute approximate surface area is 151 Å². The molecule has 1 aliphatic rings. The van der Waals surface area contributed by atoms with E-state index >= 15 is 0 Å². The SMILES string of the molecule is O=C(OCCNc1ncnc2ccccc12)[C@H]1COc2ccccc2C1. The summed E-state index contributed by atoms with van der Waals surface area (Å²) in [7, 11) is 0. The summed E-state index contributed by atoms with van der Waals surface area (Å²) >= 11 is 0. The van der Waals surface area contributed by atoms with Crippen molar-refractivity contribution in [3.63, 3.8) is 0 Å². The number of esters is 1. The molecule has 6 heteroatoms. The lowest BCUT2D eigenvalue weighted by atomic mass is 9.97. The van der Waals surface area contributed by atoms with Gasteiger partial charge in [-0.3, -0.25) is 4.79 Å². The molecule has 2 aromatic carbocycles. The molecule has 0 spiro atoms. The molecule has 3 aromatic rings. The summed E-state index contributed by atoms with van der Waals surface area (Å²) in [6.07, 6.45) is 2.17. The van der Waals surface area contributed by atoms with Crippen LogP contribution in [0.5, 0.6) is 5.75 Å². The van der Waals surface area contributed by atoms with Crippen LogP contribution in [0.15, 0.2) is 54.9 Å². The van der Waals surface area contributed by atoms with Gasteiger partial charge in [0.1, 0.15) is 31.1 Å². The number of carbonyl (C=O) groups is 1. The van der Waals surface area contributed by atoms with Gasteiger partial charge in [-0.15, -0.1) is 0 Å². The van der Waals surface area contributed by atoms with E-state index in [0.717, 1.165) is 28.0 Å². The molecule has 1 atom stereocenters. The second kappa shape index (κ2) is 7.39. The molecular weight excluding hydrogens is 330 g/mol. The van der Waals surface area contributed by atoms with Crippen molar-refractivity contribution in [1.82, 2.24) is 9.97 Å². The fourth-order valence-electron chi connectivity index (χ4n) is 3.06. The summed E-state index contributed by atoms with van der Waals surface area (Å²) in [6.45, 7) is 1.12. The molecule has 0 saturated carbocycles. The first-order chi connectivity index (χ1) is 12.8. The molecule has 2 heterocycles. The normalized spacial score (nSPS) is 15.8. The molecule has 0 saturated heterocycles. The molecule has 0 amide bonds. The Balaban J connectivity index is 1.29. The number of rotatable bonds is 5. The average molecular weight is 349 g/mol. The number of nitrogens with one attached hydrogen (secondary N) is 1. The third kappa shape index (κ3) is 3.44. The van der Waals surface area contributed by atoms with Crippen molar-refractivity contribution in [2.24, 2.45) is 5.92 Å². The highest BCUT2D eigenvalue weighted by Crippen LogP contribution is 2.27. The van der Waals surface area contributed by atoms with Crippen molar-refractivity contribution in [2.75, 3.05) is 25.1 Å². The smallest absolute Gasteiger partial charge is 0.312 e. The highest BCUT2D eigenvalue weighted by Gasteiger charge is 2.26. The molecule has 6 nitrogen and oxygen atoms in total. The van der Waals surface area contributed by atoms with Gasteiger partial charge in [0.25, 0.3) is 0 Å². The van der Waals surface area contributed by atoms with Crippen molar-refractivity contribution in [3.8, 4) is 5.75 Å². The third-order valence-electron chi connectivity index (χ3n) is 4.39. The summed E-state index contributed by atoms with van der Waals surface area (Å²) in [6, 6.07) is 15.6. The van der Waals surface area contributed by atoms with Gasteiger partial charge < -0.3 is 14.8 Å². The van der Waals surface area contributed by atoms with Crippen molar-refractivity contribution < 1.29 is 14.3 Å². The number of carbonyl (C=O) groups excluding carboxylic acids is 1. The number of para-hydroxylation sites is 2. The standard InChI is InChI=1S/C20H19N3O3/c24-20(15-11-14-5-1-4-8-18(14)26-12-15)25-10-9-21-19-16-6-2-3-7-17(16)22-13-23-19/h1-8,13,15H,9-12H2,(H,21,22,23)/t15-/m1/s1. The van der Waals surface area contributed by atoms with E-state index in [2.05, 4.69) is 15.3 Å². The summed E-state index contributed by atoms with van der Waals surface area (Å²) < 4.78 is 11.1. The molecule has 1 N–H and O–H groups in total. The Kier molecular flexibility index (Phi) is 4.64. The van der Waals surface area contributed by atoms with Crippen LogP contribution in [-0.2, 0) is 16.0 Å². The van der Waals surface area contributed by atoms with Crippen LogP contribution in [0.1, 0.15) is 5.56 Å². The van der Waals surface area contributed by atoms with Gasteiger partial charge in [0.2, 0.25) is 0 Å². The molecule has 26 heavy (non-hydrogen) atoms. The van der Waals surface area contributed by atoms with E-state index in [-0.39, 0.29) is 18.5 Å². The van der Waals surface area contributed by atoms with Crippen molar-refractivity contribution in [1.29, 1.82) is 0 Å². The molecule has 0 unspecified atom stereocenters. The van der Waals surface area contributed by atoms with Crippen LogP contribution in [0.2, 0.25) is 0 Å². The lowest BCUT2D eigenvalue weighted by Crippen LogP contribution is -2.30. The maximum atomic E-state index is 12.3. The minimum Gasteiger partial charge on any atom is -0.492 e. The van der Waals surface area contributed by atoms with Crippen LogP contribution < -0.4 is 10.1 Å². The van der Waals surface area contributed by atoms with Gasteiger partial charge in [-0.05, 0) is 30.2 Å². The molecule has 0 radical (unpaired) electrons. The second-order valence-electron chi connectivity index (χ2n) is 6.15. The quantitative estimate of drug-likeness (QED) is 0.564. The first-order valence-electron chi connectivity index (χ1n) is 8.62. The molecule has 0 bridgehead atoms. The lowest BCUT2D eigenvalue weighted by Gasteiger charge is -2.23. The molecule has 4 rings (SSSR count). The zero-order valence-corrected chi connectivity index (χ0v) is 14.2. The van der Waals surface area contributed by atoms with E-state index in [0.29, 0.717) is 19.6 Å². The summed E-state index contributed by atoms with van der Waals surface area (Å²) in [5.41, 5.74) is 1.92. The van der Waals surface area contributed by atoms with E-state index in [4.69, 9.17) is 9.47 Å². The summed E-state index contributed by atoms with van der Waals surface area (Å²) in [5, 5.41) is 4.15. The zero-order chi connectivity index (χ0) is 17.8. The van der Waals surface area contributed by atoms with Gasteiger partial charge in [0.15, 0.2) is 0 Å². The van der Waals surface area contributed by atoms with Gasteiger partial charge in [-0.25, -0.2) is 9.97 Å². The highest BCUT2D eigenvalue weighted by atomic mass is 16.5. The largest absolute Gasteiger partial charge is 0.492 e. The Hall–Kier alpha value is -3.15. The van der Waals surface area contributed by atoms with Crippen LogP contribution in [0.4, 0.5) is 5.82 Å². The van der Waals surface area contributed by atoms with E-state index in [1.54, 1.807) is 0 Å². The molecular formula is C20H19N3O3. The predicted molar refractivity (Wildman–Crippen MR) is 98.1 cm³/mol. The number of ether oxygens (including phenoxy) is 2. The Morgan fingerprint density at radius 1 is 1.15 bits per heavy atom. The third-order valence-corrected chi connectivity index (χ3v) is 4.39. The summed E-state index contributed by atoms with van der Waals surface area (Å²) in [4.78, 5) is 20.8. The minimum atomic E-state index is -0.259. The van der Waals surface area contributed by atoms with Crippen molar-refractivity contribution >= 4 is 22.7 Å². The minimum absolute atomic E-state index is 0.228. The number of fused-ring (bicyclic) bond motifs is 2. The van der Waals surface area contributed by atoms with E-state index < -0.39 is 0 Å². The average Bonchev–Trinajstić information content (AvgIpc) is 2.70. The van der Waals surface area contributed by atoms with Crippen LogP contribution in [-0.4, -0.2) is 35.7 Å². The van der Waals surface area contributed by atoms with Gasteiger partial charge in [0.05, 0.1) is 18.0 Å². The fourth-order valence-corrected chi connectivity index (χ4v) is 3.06. The van der Waals surface area contributed by atoms with Gasteiger partial charge in [0, 0.05) is 5.39 Å². The molecule has 1 aliphatic heterocycles. The molecule has 0 aliphatic carbocycles. The Morgan fingerprint density at radius 3 is 2.96 bits per heavy atom. The number of aromatic nitrogens is 2. The number of hydrogen-bond acceptors (Lipinski definition) is 6. The number of anilines is 1. The number of benzene rings is 2. The van der Waals surface area contributed by atoms with E-state index in [9.17, 15) is 4.79 Å². The van der Waals surface area contributed by atoms with Gasteiger partial charge in [-0.2, -0.15) is 0 Å². The van der Waals surface area contributed by atoms with Crippen molar-refractivity contribution in [3.05, 3.63) is 60.4 Å². The maximum Gasteiger partial charge on any atom is 0.312 e. The number of hydrogen-bond donors (Lipinski definition) is 1. The molecule has 0 fully saturated rings. The van der Waals surface area contributed by atoms with Crippen LogP contribution in [0, 0.1) is 5.92 Å². The van der Waals surface area contributed by atoms with Crippen LogP contribution >= 0.6 is 0 Å². The monoisotopic (exact) mass is 349 g/mol.